The van der Waals surface area contributed by atoms with Crippen LogP contribution in [0.1, 0.15) is 26.5 Å². The molecule has 0 unspecified atom stereocenters. The van der Waals surface area contributed by atoms with Crippen LogP contribution in [0.25, 0.3) is 0 Å². The highest BCUT2D eigenvalue weighted by atomic mass is 32.1. The lowest BCUT2D eigenvalue weighted by Gasteiger charge is -1.86. The first-order valence-corrected chi connectivity index (χ1v) is 4.50. The summed E-state index contributed by atoms with van der Waals surface area (Å²) in [5.74, 6) is -0.288. The molecule has 0 bridgehead atoms. The van der Waals surface area contributed by atoms with E-state index in [2.05, 4.69) is 0 Å². The number of nitrogens with two attached hydrogens (primary N) is 1. The molecule has 1 aliphatic carbocycles. The minimum Gasteiger partial charge on any atom is -0.365 e. The van der Waals surface area contributed by atoms with Gasteiger partial charge in [-0.25, -0.2) is 0 Å². The zero-order valence-electron chi connectivity index (χ0n) is 6.09. The van der Waals surface area contributed by atoms with Gasteiger partial charge in [0.25, 0.3) is 5.91 Å². The van der Waals surface area contributed by atoms with E-state index in [1.165, 1.54) is 16.9 Å². The minimum absolute atomic E-state index is 0.288. The van der Waals surface area contributed by atoms with Crippen molar-refractivity contribution in [3.8, 4) is 0 Å². The number of hydrogen-bond donors (Lipinski definition) is 1. The first kappa shape index (κ1) is 6.85. The maximum atomic E-state index is 10.7. The van der Waals surface area contributed by atoms with Crippen LogP contribution in [0.2, 0.25) is 0 Å². The average molecular weight is 167 g/mol. The SMILES string of the molecule is NC(=O)c1cc2c(s1)CCC2. The number of amides is 1. The molecule has 0 fully saturated rings. The zero-order valence-corrected chi connectivity index (χ0v) is 6.91. The summed E-state index contributed by atoms with van der Waals surface area (Å²) < 4.78 is 0. The van der Waals surface area contributed by atoms with Gasteiger partial charge in [-0.05, 0) is 30.9 Å². The Morgan fingerprint density at radius 1 is 1.55 bits per heavy atom. The Bertz CT molecular complexity index is 282. The quantitative estimate of drug-likeness (QED) is 0.673. The van der Waals surface area contributed by atoms with Crippen LogP contribution in [-0.2, 0) is 12.8 Å². The Balaban J connectivity index is 2.42. The zero-order chi connectivity index (χ0) is 7.84. The van der Waals surface area contributed by atoms with Crippen LogP contribution in [0.15, 0.2) is 6.07 Å². The Labute approximate surface area is 69.0 Å². The monoisotopic (exact) mass is 167 g/mol. The predicted molar refractivity (Wildman–Crippen MR) is 44.9 cm³/mol. The van der Waals surface area contributed by atoms with Gasteiger partial charge in [-0.3, -0.25) is 4.79 Å². The number of primary amides is 1. The van der Waals surface area contributed by atoms with E-state index in [1.807, 2.05) is 6.07 Å². The number of carbonyl (C=O) groups excluding carboxylic acids is 1. The van der Waals surface area contributed by atoms with E-state index in [4.69, 9.17) is 5.73 Å². The fraction of sp³-hybridized carbons (Fsp3) is 0.375. The van der Waals surface area contributed by atoms with Crippen molar-refractivity contribution in [3.63, 3.8) is 0 Å². The van der Waals surface area contributed by atoms with Crippen molar-refractivity contribution in [1.29, 1.82) is 0 Å². The summed E-state index contributed by atoms with van der Waals surface area (Å²) in [6.07, 6.45) is 3.49. The van der Waals surface area contributed by atoms with Gasteiger partial charge in [-0.1, -0.05) is 0 Å². The van der Waals surface area contributed by atoms with Gasteiger partial charge < -0.3 is 5.73 Å². The van der Waals surface area contributed by atoms with Crippen molar-refractivity contribution in [2.75, 3.05) is 0 Å². The minimum atomic E-state index is -0.288. The molecule has 0 saturated carbocycles. The summed E-state index contributed by atoms with van der Waals surface area (Å²) in [6, 6.07) is 1.94. The van der Waals surface area contributed by atoms with Crippen LogP contribution in [0.5, 0.6) is 0 Å². The molecule has 1 aromatic heterocycles. The molecule has 0 saturated heterocycles. The lowest BCUT2D eigenvalue weighted by atomic mass is 10.2. The van der Waals surface area contributed by atoms with Gasteiger partial charge in [0.15, 0.2) is 0 Å². The number of hydrogen-bond acceptors (Lipinski definition) is 2. The smallest absolute Gasteiger partial charge is 0.258 e. The molecule has 11 heavy (non-hydrogen) atoms. The van der Waals surface area contributed by atoms with Crippen LogP contribution in [0.3, 0.4) is 0 Å². The van der Waals surface area contributed by atoms with Crippen molar-refractivity contribution in [2.45, 2.75) is 19.3 Å². The molecule has 1 aliphatic rings. The first-order valence-electron chi connectivity index (χ1n) is 3.69. The van der Waals surface area contributed by atoms with Gasteiger partial charge in [0.2, 0.25) is 0 Å². The largest absolute Gasteiger partial charge is 0.365 e. The predicted octanol–water partition coefficient (Wildman–Crippen LogP) is 1.34. The van der Waals surface area contributed by atoms with Crippen molar-refractivity contribution in [1.82, 2.24) is 0 Å². The third-order valence-electron chi connectivity index (χ3n) is 1.99. The van der Waals surface area contributed by atoms with E-state index in [0.29, 0.717) is 0 Å². The lowest BCUT2D eigenvalue weighted by molar-refractivity contribution is 0.100. The second kappa shape index (κ2) is 2.34. The first-order chi connectivity index (χ1) is 5.27. The maximum Gasteiger partial charge on any atom is 0.258 e. The van der Waals surface area contributed by atoms with E-state index in [1.54, 1.807) is 11.3 Å². The van der Waals surface area contributed by atoms with E-state index in [-0.39, 0.29) is 5.91 Å². The molecule has 2 rings (SSSR count). The van der Waals surface area contributed by atoms with E-state index >= 15 is 0 Å². The highest BCUT2D eigenvalue weighted by Crippen LogP contribution is 2.30. The molecule has 2 nitrogen and oxygen atoms in total. The third kappa shape index (κ3) is 1.05. The number of thiophene rings is 1. The van der Waals surface area contributed by atoms with Gasteiger partial charge >= 0.3 is 0 Å². The van der Waals surface area contributed by atoms with Crippen LogP contribution in [0, 0.1) is 0 Å². The molecule has 1 amide bonds. The van der Waals surface area contributed by atoms with Gasteiger partial charge in [0.05, 0.1) is 4.88 Å². The van der Waals surface area contributed by atoms with Crippen LogP contribution < -0.4 is 5.73 Å². The molecule has 2 N–H and O–H groups in total. The Morgan fingerprint density at radius 3 is 3.00 bits per heavy atom. The number of carbonyl (C=O) groups is 1. The number of aryl methyl sites for hydroxylation is 2. The highest BCUT2D eigenvalue weighted by molar-refractivity contribution is 7.14. The molecule has 3 heteroatoms. The molecular formula is C8H9NOS. The Hall–Kier alpha value is -0.830. The van der Waals surface area contributed by atoms with Gasteiger partial charge in [0.1, 0.15) is 0 Å². The summed E-state index contributed by atoms with van der Waals surface area (Å²) in [7, 11) is 0. The van der Waals surface area contributed by atoms with Crippen LogP contribution in [0.4, 0.5) is 0 Å². The lowest BCUT2D eigenvalue weighted by Crippen LogP contribution is -2.08. The summed E-state index contributed by atoms with van der Waals surface area (Å²) in [4.78, 5) is 12.8. The molecule has 0 aromatic carbocycles. The number of rotatable bonds is 1. The standard InChI is InChI=1S/C8H9NOS/c9-8(10)7-4-5-2-1-3-6(5)11-7/h4H,1-3H2,(H2,9,10). The summed E-state index contributed by atoms with van der Waals surface area (Å²) in [5, 5.41) is 0. The highest BCUT2D eigenvalue weighted by Gasteiger charge is 2.16. The fourth-order valence-corrected chi connectivity index (χ4v) is 2.56. The van der Waals surface area contributed by atoms with Crippen LogP contribution >= 0.6 is 11.3 Å². The molecular weight excluding hydrogens is 158 g/mol. The van der Waals surface area contributed by atoms with Crippen molar-refractivity contribution >= 4 is 17.2 Å². The second-order valence-corrected chi connectivity index (χ2v) is 3.91. The topological polar surface area (TPSA) is 43.1 Å². The van der Waals surface area contributed by atoms with Gasteiger partial charge in [-0.15, -0.1) is 11.3 Å². The molecule has 0 aliphatic heterocycles. The van der Waals surface area contributed by atoms with Crippen molar-refractivity contribution in [2.24, 2.45) is 5.73 Å². The fourth-order valence-electron chi connectivity index (χ4n) is 1.45. The second-order valence-electron chi connectivity index (χ2n) is 2.78. The van der Waals surface area contributed by atoms with Gasteiger partial charge in [-0.2, -0.15) is 0 Å². The molecule has 1 heterocycles. The average Bonchev–Trinajstić information content (AvgIpc) is 2.40. The van der Waals surface area contributed by atoms with Gasteiger partial charge in [0, 0.05) is 4.88 Å². The van der Waals surface area contributed by atoms with E-state index < -0.39 is 0 Å². The van der Waals surface area contributed by atoms with Crippen molar-refractivity contribution < 1.29 is 4.79 Å². The van der Waals surface area contributed by atoms with E-state index in [0.717, 1.165) is 17.7 Å². The normalized spacial score (nSPS) is 14.9. The third-order valence-corrected chi connectivity index (χ3v) is 3.24. The number of fused-ring (bicyclic) bond motifs is 1. The maximum absolute atomic E-state index is 10.7. The summed E-state index contributed by atoms with van der Waals surface area (Å²) in [5.41, 5.74) is 6.48. The molecule has 58 valence electrons. The van der Waals surface area contributed by atoms with Crippen LogP contribution in [-0.4, -0.2) is 5.91 Å². The molecule has 0 spiro atoms. The Morgan fingerprint density at radius 2 is 2.36 bits per heavy atom. The Kier molecular flexibility index (Phi) is 1.46. The summed E-state index contributed by atoms with van der Waals surface area (Å²) >= 11 is 1.56. The molecule has 0 atom stereocenters. The molecule has 0 radical (unpaired) electrons. The van der Waals surface area contributed by atoms with E-state index in [9.17, 15) is 4.79 Å². The summed E-state index contributed by atoms with van der Waals surface area (Å²) in [6.45, 7) is 0. The molecule has 1 aromatic rings. The van der Waals surface area contributed by atoms with Crippen molar-refractivity contribution in [3.05, 3.63) is 21.4 Å².